The van der Waals surface area contributed by atoms with Crippen molar-refractivity contribution in [2.24, 2.45) is 5.18 Å². The molecular formula is C28H22FN5O5. The lowest BCUT2D eigenvalue weighted by Gasteiger charge is -2.11. The van der Waals surface area contributed by atoms with Crippen LogP contribution in [0.25, 0.3) is 11.8 Å². The Bertz CT molecular complexity index is 1600. The standard InChI is InChI=1S/C28H22FN5O5/c1-39-22-11-9-21(10-12-22)34-26(35)23(24(31-34)14-17-5-7-19(29)8-6-17)15-25-27(36)33(28(37)30-25)16-18-3-2-4-20(13-18)32-38/h2-13,15,35H,14,16H2,1H3,(H,30,37)/b25-15-. The van der Waals surface area contributed by atoms with E-state index in [0.717, 1.165) is 10.5 Å². The molecule has 1 aliphatic rings. The predicted octanol–water partition coefficient (Wildman–Crippen LogP) is 4.81. The van der Waals surface area contributed by atoms with Crippen LogP contribution in [0.2, 0.25) is 0 Å². The number of aromatic hydroxyl groups is 1. The number of nitroso groups, excluding NO2 is 1. The highest BCUT2D eigenvalue weighted by Crippen LogP contribution is 2.31. The number of halogens is 1. The van der Waals surface area contributed by atoms with Crippen LogP contribution < -0.4 is 10.1 Å². The minimum Gasteiger partial charge on any atom is -0.497 e. The van der Waals surface area contributed by atoms with Crippen LogP contribution in [-0.2, 0) is 17.8 Å². The van der Waals surface area contributed by atoms with Gasteiger partial charge in [0.15, 0.2) is 0 Å². The number of nitrogens with one attached hydrogen (secondary N) is 1. The Labute approximate surface area is 221 Å². The number of nitrogens with zero attached hydrogens (tertiary/aromatic N) is 4. The average molecular weight is 528 g/mol. The molecule has 5 rings (SSSR count). The number of ether oxygens (including phenoxy) is 1. The molecule has 3 aromatic carbocycles. The molecule has 2 N–H and O–H groups in total. The van der Waals surface area contributed by atoms with Gasteiger partial charge in [-0.2, -0.15) is 5.10 Å². The van der Waals surface area contributed by atoms with Gasteiger partial charge in [-0.3, -0.25) is 9.69 Å². The van der Waals surface area contributed by atoms with Crippen LogP contribution in [0.1, 0.15) is 22.4 Å². The maximum atomic E-state index is 13.5. The fourth-order valence-corrected chi connectivity index (χ4v) is 4.20. The van der Waals surface area contributed by atoms with Crippen LogP contribution in [0.5, 0.6) is 11.6 Å². The highest BCUT2D eigenvalue weighted by Gasteiger charge is 2.34. The van der Waals surface area contributed by atoms with E-state index in [1.165, 1.54) is 42.1 Å². The van der Waals surface area contributed by atoms with Crippen molar-refractivity contribution in [3.05, 3.63) is 112 Å². The molecule has 0 unspecified atom stereocenters. The quantitative estimate of drug-likeness (QED) is 0.192. The average Bonchev–Trinajstić information content (AvgIpc) is 3.40. The number of carbonyl (C=O) groups excluding carboxylic acids is 2. The summed E-state index contributed by atoms with van der Waals surface area (Å²) in [7, 11) is 1.54. The lowest BCUT2D eigenvalue weighted by molar-refractivity contribution is -0.123. The van der Waals surface area contributed by atoms with E-state index in [1.54, 1.807) is 48.5 Å². The number of carbonyl (C=O) groups is 2. The Morgan fingerprint density at radius 3 is 2.49 bits per heavy atom. The number of methoxy groups -OCH3 is 1. The van der Waals surface area contributed by atoms with Crippen molar-refractivity contribution in [3.8, 4) is 17.3 Å². The van der Waals surface area contributed by atoms with Crippen LogP contribution in [-0.4, -0.2) is 38.8 Å². The summed E-state index contributed by atoms with van der Waals surface area (Å²) < 4.78 is 20.0. The summed E-state index contributed by atoms with van der Waals surface area (Å²) in [4.78, 5) is 37.7. The molecule has 3 amide bonds. The molecule has 0 saturated carbocycles. The Kier molecular flexibility index (Phi) is 6.87. The zero-order valence-corrected chi connectivity index (χ0v) is 20.7. The number of benzene rings is 3. The number of imide groups is 1. The minimum absolute atomic E-state index is 0.0606. The van der Waals surface area contributed by atoms with Gasteiger partial charge in [0.25, 0.3) is 5.91 Å². The van der Waals surface area contributed by atoms with E-state index < -0.39 is 11.9 Å². The van der Waals surface area contributed by atoms with Gasteiger partial charge in [0.2, 0.25) is 5.88 Å². The van der Waals surface area contributed by atoms with E-state index in [0.29, 0.717) is 22.7 Å². The molecule has 0 bridgehead atoms. The summed E-state index contributed by atoms with van der Waals surface area (Å²) in [6, 6.07) is 18.3. The van der Waals surface area contributed by atoms with Gasteiger partial charge in [-0.25, -0.2) is 13.9 Å². The molecule has 1 saturated heterocycles. The van der Waals surface area contributed by atoms with Crippen LogP contribution in [0.4, 0.5) is 14.9 Å². The second-order valence-electron chi connectivity index (χ2n) is 8.74. The van der Waals surface area contributed by atoms with E-state index in [-0.39, 0.29) is 41.6 Å². The second-order valence-corrected chi connectivity index (χ2v) is 8.74. The Morgan fingerprint density at radius 1 is 1.05 bits per heavy atom. The largest absolute Gasteiger partial charge is 0.497 e. The van der Waals surface area contributed by atoms with Crippen molar-refractivity contribution in [2.45, 2.75) is 13.0 Å². The van der Waals surface area contributed by atoms with Gasteiger partial charge in [-0.05, 0) is 70.9 Å². The second kappa shape index (κ2) is 10.6. The normalized spacial score (nSPS) is 14.1. The van der Waals surface area contributed by atoms with Gasteiger partial charge in [-0.1, -0.05) is 24.3 Å². The molecule has 1 fully saturated rings. The summed E-state index contributed by atoms with van der Waals surface area (Å²) >= 11 is 0. The van der Waals surface area contributed by atoms with E-state index in [1.807, 2.05) is 0 Å². The number of rotatable bonds is 8. The Balaban J connectivity index is 1.51. The first kappa shape index (κ1) is 25.3. The zero-order valence-electron chi connectivity index (χ0n) is 20.7. The molecule has 0 spiro atoms. The van der Waals surface area contributed by atoms with Crippen molar-refractivity contribution in [1.29, 1.82) is 0 Å². The molecule has 0 radical (unpaired) electrons. The number of amides is 3. The summed E-state index contributed by atoms with van der Waals surface area (Å²) in [6.07, 6.45) is 1.58. The minimum atomic E-state index is -0.655. The van der Waals surface area contributed by atoms with Crippen molar-refractivity contribution in [1.82, 2.24) is 20.0 Å². The third-order valence-electron chi connectivity index (χ3n) is 6.18. The molecule has 4 aromatic rings. The third kappa shape index (κ3) is 5.23. The van der Waals surface area contributed by atoms with Crippen LogP contribution in [0, 0.1) is 10.7 Å². The lowest BCUT2D eigenvalue weighted by Crippen LogP contribution is -2.30. The van der Waals surface area contributed by atoms with Crippen LogP contribution in [0.15, 0.2) is 83.7 Å². The van der Waals surface area contributed by atoms with Gasteiger partial charge in [0.05, 0.1) is 30.6 Å². The molecule has 0 atom stereocenters. The molecule has 1 aromatic heterocycles. The lowest BCUT2D eigenvalue weighted by atomic mass is 10.1. The van der Waals surface area contributed by atoms with Gasteiger partial charge in [0.1, 0.15) is 23.0 Å². The first-order chi connectivity index (χ1) is 18.9. The summed E-state index contributed by atoms with van der Waals surface area (Å²) in [5.74, 6) is -0.640. The molecule has 1 aliphatic heterocycles. The molecule has 11 heteroatoms. The van der Waals surface area contributed by atoms with Crippen LogP contribution in [0.3, 0.4) is 0 Å². The monoisotopic (exact) mass is 527 g/mol. The van der Waals surface area contributed by atoms with Gasteiger partial charge >= 0.3 is 6.03 Å². The van der Waals surface area contributed by atoms with E-state index in [4.69, 9.17) is 4.74 Å². The summed E-state index contributed by atoms with van der Waals surface area (Å²) in [5, 5.41) is 21.1. The van der Waals surface area contributed by atoms with Crippen molar-refractivity contribution < 1.29 is 23.8 Å². The molecule has 0 aliphatic carbocycles. The number of hydrogen-bond acceptors (Lipinski definition) is 7. The number of aromatic nitrogens is 2. The maximum Gasteiger partial charge on any atom is 0.329 e. The SMILES string of the molecule is COc1ccc(-n2nc(Cc3ccc(F)cc3)c(/C=C3\NC(=O)N(Cc4cccc(N=O)c4)C3=O)c2O)cc1. The number of urea groups is 1. The number of hydrogen-bond donors (Lipinski definition) is 2. The molecule has 196 valence electrons. The van der Waals surface area contributed by atoms with E-state index in [2.05, 4.69) is 15.6 Å². The Morgan fingerprint density at radius 2 is 1.79 bits per heavy atom. The van der Waals surface area contributed by atoms with E-state index >= 15 is 0 Å². The van der Waals surface area contributed by atoms with Gasteiger partial charge < -0.3 is 15.2 Å². The van der Waals surface area contributed by atoms with E-state index in [9.17, 15) is 24.0 Å². The van der Waals surface area contributed by atoms with Gasteiger partial charge in [-0.15, -0.1) is 4.91 Å². The smallest absolute Gasteiger partial charge is 0.329 e. The molecule has 10 nitrogen and oxygen atoms in total. The first-order valence-electron chi connectivity index (χ1n) is 11.8. The van der Waals surface area contributed by atoms with Crippen LogP contribution >= 0.6 is 0 Å². The molecular weight excluding hydrogens is 505 g/mol. The first-order valence-corrected chi connectivity index (χ1v) is 11.8. The predicted molar refractivity (Wildman–Crippen MR) is 140 cm³/mol. The third-order valence-corrected chi connectivity index (χ3v) is 6.18. The maximum absolute atomic E-state index is 13.5. The summed E-state index contributed by atoms with van der Waals surface area (Å²) in [5.41, 5.74) is 2.53. The highest BCUT2D eigenvalue weighted by atomic mass is 19.1. The highest BCUT2D eigenvalue weighted by molar-refractivity contribution is 6.14. The topological polar surface area (TPSA) is 126 Å². The Hall–Kier alpha value is -5.32. The van der Waals surface area contributed by atoms with Crippen molar-refractivity contribution in [3.63, 3.8) is 0 Å². The fourth-order valence-electron chi connectivity index (χ4n) is 4.20. The van der Waals surface area contributed by atoms with Gasteiger partial charge in [0, 0.05) is 6.42 Å². The van der Waals surface area contributed by atoms with Crippen molar-refractivity contribution >= 4 is 23.7 Å². The fraction of sp³-hybridized carbons (Fsp3) is 0.107. The molecule has 2 heterocycles. The van der Waals surface area contributed by atoms with Crippen molar-refractivity contribution in [2.75, 3.05) is 7.11 Å². The molecule has 39 heavy (non-hydrogen) atoms. The summed E-state index contributed by atoms with van der Waals surface area (Å²) in [6.45, 7) is -0.0785. The zero-order chi connectivity index (χ0) is 27.5.